The molecule has 6 nitrogen and oxygen atoms in total. The minimum Gasteiger partial charge on any atom is -0.492 e. The molecule has 1 N–H and O–H groups in total. The Morgan fingerprint density at radius 1 is 1.00 bits per heavy atom. The Bertz CT molecular complexity index is 1240. The van der Waals surface area contributed by atoms with Crippen LogP contribution in [0.4, 0.5) is 10.1 Å². The first kappa shape index (κ1) is 21.9. The highest BCUT2D eigenvalue weighted by Crippen LogP contribution is 2.40. The molecule has 2 aromatic heterocycles. The number of aromatic nitrogens is 3. The van der Waals surface area contributed by atoms with Crippen molar-refractivity contribution in [3.63, 3.8) is 0 Å². The average molecular weight is 466 g/mol. The number of aromatic hydroxyl groups is 1. The van der Waals surface area contributed by atoms with E-state index < -0.39 is 0 Å². The van der Waals surface area contributed by atoms with E-state index in [0.29, 0.717) is 23.7 Å². The Balaban J connectivity index is 1.48. The van der Waals surface area contributed by atoms with Crippen LogP contribution in [0.5, 0.6) is 5.88 Å². The van der Waals surface area contributed by atoms with Crippen LogP contribution in [0.2, 0.25) is 0 Å². The van der Waals surface area contributed by atoms with E-state index in [1.165, 1.54) is 23.0 Å². The summed E-state index contributed by atoms with van der Waals surface area (Å²) in [7, 11) is 0. The van der Waals surface area contributed by atoms with Gasteiger partial charge in [0.25, 0.3) is 0 Å². The van der Waals surface area contributed by atoms with Crippen LogP contribution in [-0.2, 0) is 12.8 Å². The fraction of sp³-hybridized carbons (Fsp3) is 0.360. The minimum atomic E-state index is -0.187. The van der Waals surface area contributed by atoms with Crippen LogP contribution in [0.1, 0.15) is 41.7 Å². The normalized spacial score (nSPS) is 15.9. The summed E-state index contributed by atoms with van der Waals surface area (Å²) in [6, 6.07) is 15.4. The Labute approximate surface area is 196 Å². The molecule has 2 aromatic carbocycles. The van der Waals surface area contributed by atoms with Gasteiger partial charge in [-0.2, -0.15) is 4.52 Å². The number of benzene rings is 2. The van der Waals surface area contributed by atoms with Crippen molar-refractivity contribution in [3.05, 3.63) is 76.2 Å². The topological polar surface area (TPSA) is 56.9 Å². The first-order valence-electron chi connectivity index (χ1n) is 11.5. The average Bonchev–Trinajstić information content (AvgIpc) is 3.39. The maximum absolute atomic E-state index is 14.3. The summed E-state index contributed by atoms with van der Waals surface area (Å²) in [4.78, 5) is 10.6. The van der Waals surface area contributed by atoms with Crippen LogP contribution in [0.3, 0.4) is 0 Å². The van der Waals surface area contributed by atoms with Gasteiger partial charge in [0.2, 0.25) is 10.8 Å². The third-order valence-electron chi connectivity index (χ3n) is 6.38. The Morgan fingerprint density at radius 2 is 1.73 bits per heavy atom. The molecule has 1 atom stereocenters. The van der Waals surface area contributed by atoms with E-state index in [9.17, 15) is 9.50 Å². The van der Waals surface area contributed by atoms with Crippen LogP contribution in [0.25, 0.3) is 4.96 Å². The van der Waals surface area contributed by atoms with Gasteiger partial charge in [0.05, 0.1) is 16.6 Å². The summed E-state index contributed by atoms with van der Waals surface area (Å²) in [6.45, 7) is 7.08. The van der Waals surface area contributed by atoms with Gasteiger partial charge in [-0.25, -0.2) is 9.37 Å². The molecule has 0 saturated carbocycles. The van der Waals surface area contributed by atoms with Gasteiger partial charge in [0.1, 0.15) is 5.82 Å². The van der Waals surface area contributed by atoms with Crippen LogP contribution < -0.4 is 4.90 Å². The zero-order chi connectivity index (χ0) is 22.9. The number of aryl methyl sites for hydroxylation is 2. The predicted molar refractivity (Wildman–Crippen MR) is 130 cm³/mol. The van der Waals surface area contributed by atoms with Gasteiger partial charge in [0, 0.05) is 32.6 Å². The van der Waals surface area contributed by atoms with E-state index in [1.54, 1.807) is 10.6 Å². The molecule has 3 heterocycles. The number of halogens is 1. The molecule has 0 bridgehead atoms. The van der Waals surface area contributed by atoms with E-state index in [2.05, 4.69) is 51.1 Å². The highest BCUT2D eigenvalue weighted by atomic mass is 32.1. The lowest BCUT2D eigenvalue weighted by atomic mass is 10.0. The molecule has 0 aliphatic carbocycles. The van der Waals surface area contributed by atoms with Crippen LogP contribution in [-0.4, -0.2) is 50.8 Å². The molecule has 1 aliphatic rings. The maximum atomic E-state index is 14.3. The standard InChI is InChI=1S/C25H28FN5OS/c1-3-17-9-11-18(12-10-17)22(23-24(32)31-25(33-23)27-21(4-2)28-31)30-15-13-29(14-16-30)20-8-6-5-7-19(20)26/h5-12,22,32H,3-4,13-16H2,1-2H3. The molecule has 0 amide bonds. The van der Waals surface area contributed by atoms with Crippen molar-refractivity contribution < 1.29 is 9.50 Å². The van der Waals surface area contributed by atoms with E-state index >= 15 is 0 Å². The van der Waals surface area contributed by atoms with Gasteiger partial charge < -0.3 is 10.0 Å². The second-order valence-corrected chi connectivity index (χ2v) is 9.35. The maximum Gasteiger partial charge on any atom is 0.230 e. The molecule has 1 unspecified atom stereocenters. The number of hydrogen-bond donors (Lipinski definition) is 1. The summed E-state index contributed by atoms with van der Waals surface area (Å²) in [6.07, 6.45) is 1.71. The van der Waals surface area contributed by atoms with E-state index in [1.807, 2.05) is 19.1 Å². The lowest BCUT2D eigenvalue weighted by Gasteiger charge is -2.40. The fourth-order valence-corrected chi connectivity index (χ4v) is 5.65. The van der Waals surface area contributed by atoms with Gasteiger partial charge in [-0.05, 0) is 29.7 Å². The van der Waals surface area contributed by atoms with Gasteiger partial charge in [0.15, 0.2) is 5.82 Å². The second kappa shape index (κ2) is 9.11. The number of hydrogen-bond acceptors (Lipinski definition) is 6. The fourth-order valence-electron chi connectivity index (χ4n) is 4.51. The van der Waals surface area contributed by atoms with Crippen molar-refractivity contribution >= 4 is 22.0 Å². The molecule has 172 valence electrons. The number of rotatable bonds is 6. The molecule has 5 rings (SSSR count). The molecule has 0 spiro atoms. The number of piperazine rings is 1. The summed E-state index contributed by atoms with van der Waals surface area (Å²) in [5.41, 5.74) is 3.05. The first-order chi connectivity index (χ1) is 16.1. The van der Waals surface area contributed by atoms with Crippen molar-refractivity contribution in [3.8, 4) is 5.88 Å². The first-order valence-corrected chi connectivity index (χ1v) is 12.3. The van der Waals surface area contributed by atoms with E-state index in [4.69, 9.17) is 0 Å². The van der Waals surface area contributed by atoms with Crippen molar-refractivity contribution in [1.29, 1.82) is 0 Å². The highest BCUT2D eigenvalue weighted by molar-refractivity contribution is 7.17. The van der Waals surface area contributed by atoms with Gasteiger partial charge >= 0.3 is 0 Å². The number of thiazole rings is 1. The van der Waals surface area contributed by atoms with Gasteiger partial charge in [-0.1, -0.05) is 61.6 Å². The summed E-state index contributed by atoms with van der Waals surface area (Å²) >= 11 is 1.49. The molecule has 4 aromatic rings. The Morgan fingerprint density at radius 3 is 2.36 bits per heavy atom. The molecule has 33 heavy (non-hydrogen) atoms. The Kier molecular flexibility index (Phi) is 6.03. The van der Waals surface area contributed by atoms with Crippen molar-refractivity contribution in [2.75, 3.05) is 31.1 Å². The zero-order valence-electron chi connectivity index (χ0n) is 18.9. The monoisotopic (exact) mass is 465 g/mol. The van der Waals surface area contributed by atoms with E-state index in [0.717, 1.165) is 42.2 Å². The van der Waals surface area contributed by atoms with Crippen molar-refractivity contribution in [1.82, 2.24) is 19.5 Å². The lowest BCUT2D eigenvalue weighted by molar-refractivity contribution is 0.210. The minimum absolute atomic E-state index is 0.114. The van der Waals surface area contributed by atoms with Crippen LogP contribution >= 0.6 is 11.3 Å². The highest BCUT2D eigenvalue weighted by Gasteiger charge is 2.32. The number of fused-ring (bicyclic) bond motifs is 1. The third kappa shape index (κ3) is 4.09. The lowest BCUT2D eigenvalue weighted by Crippen LogP contribution is -2.48. The van der Waals surface area contributed by atoms with Crippen molar-refractivity contribution in [2.24, 2.45) is 0 Å². The van der Waals surface area contributed by atoms with Crippen LogP contribution in [0, 0.1) is 5.82 Å². The summed E-state index contributed by atoms with van der Waals surface area (Å²) in [5.74, 6) is 0.696. The number of anilines is 1. The summed E-state index contributed by atoms with van der Waals surface area (Å²) < 4.78 is 15.9. The summed E-state index contributed by atoms with van der Waals surface area (Å²) in [5, 5.41) is 15.6. The number of para-hydroxylation sites is 1. The molecule has 0 radical (unpaired) electrons. The molecule has 1 aliphatic heterocycles. The third-order valence-corrected chi connectivity index (χ3v) is 7.46. The van der Waals surface area contributed by atoms with E-state index in [-0.39, 0.29) is 17.7 Å². The smallest absolute Gasteiger partial charge is 0.230 e. The van der Waals surface area contributed by atoms with Gasteiger partial charge in [-0.3, -0.25) is 4.90 Å². The van der Waals surface area contributed by atoms with Gasteiger partial charge in [-0.15, -0.1) is 5.10 Å². The van der Waals surface area contributed by atoms with Crippen molar-refractivity contribution in [2.45, 2.75) is 32.7 Å². The number of nitrogens with zero attached hydrogens (tertiary/aromatic N) is 5. The SMILES string of the molecule is CCc1ccc(C(c2sc3nc(CC)nn3c2O)N2CCN(c3ccccc3F)CC2)cc1. The molecular formula is C25H28FN5OS. The molecular weight excluding hydrogens is 437 g/mol. The second-order valence-electron chi connectivity index (χ2n) is 8.34. The molecule has 1 fully saturated rings. The quantitative estimate of drug-likeness (QED) is 0.448. The Hall–Kier alpha value is -2.97. The zero-order valence-corrected chi connectivity index (χ0v) is 19.7. The van der Waals surface area contributed by atoms with Crippen LogP contribution in [0.15, 0.2) is 48.5 Å². The molecule has 1 saturated heterocycles. The molecule has 8 heteroatoms. The predicted octanol–water partition coefficient (Wildman–Crippen LogP) is 4.67. The largest absolute Gasteiger partial charge is 0.492 e.